The summed E-state index contributed by atoms with van der Waals surface area (Å²) in [4.78, 5) is 0. The van der Waals surface area contributed by atoms with Crippen LogP contribution in [0.3, 0.4) is 0 Å². The lowest BCUT2D eigenvalue weighted by atomic mass is 10.1. The zero-order valence-electron chi connectivity index (χ0n) is 14.2. The SMILES string of the molecule is COCCOc1ccc2c(C#N)c(-c3ccccc3)n(C3CC3)c2c1. The molecule has 0 spiro atoms. The van der Waals surface area contributed by atoms with Crippen LogP contribution in [0, 0.1) is 11.3 Å². The highest BCUT2D eigenvalue weighted by atomic mass is 16.5. The average molecular weight is 332 g/mol. The Labute approximate surface area is 147 Å². The Morgan fingerprint density at radius 2 is 1.92 bits per heavy atom. The highest BCUT2D eigenvalue weighted by Gasteiger charge is 2.30. The van der Waals surface area contributed by atoms with Crippen molar-refractivity contribution < 1.29 is 9.47 Å². The number of hydrogen-bond donors (Lipinski definition) is 0. The maximum atomic E-state index is 9.82. The van der Waals surface area contributed by atoms with Gasteiger partial charge >= 0.3 is 0 Å². The molecule has 0 N–H and O–H groups in total. The molecule has 0 unspecified atom stereocenters. The van der Waals surface area contributed by atoms with Crippen molar-refractivity contribution in [3.8, 4) is 23.1 Å². The van der Waals surface area contributed by atoms with Crippen LogP contribution in [0.2, 0.25) is 0 Å². The van der Waals surface area contributed by atoms with Gasteiger partial charge < -0.3 is 14.0 Å². The fourth-order valence-corrected chi connectivity index (χ4v) is 3.33. The molecule has 1 aliphatic rings. The van der Waals surface area contributed by atoms with Crippen molar-refractivity contribution in [2.24, 2.45) is 0 Å². The summed E-state index contributed by atoms with van der Waals surface area (Å²) in [6.07, 6.45) is 2.31. The Hall–Kier alpha value is -2.77. The van der Waals surface area contributed by atoms with Crippen LogP contribution in [-0.4, -0.2) is 24.9 Å². The molecule has 0 aliphatic heterocycles. The first-order valence-electron chi connectivity index (χ1n) is 8.58. The number of fused-ring (bicyclic) bond motifs is 1. The zero-order valence-corrected chi connectivity index (χ0v) is 14.2. The van der Waals surface area contributed by atoms with Crippen molar-refractivity contribution in [2.75, 3.05) is 20.3 Å². The normalized spacial score (nSPS) is 13.8. The van der Waals surface area contributed by atoms with Crippen molar-refractivity contribution in [1.29, 1.82) is 5.26 Å². The van der Waals surface area contributed by atoms with Crippen molar-refractivity contribution in [2.45, 2.75) is 18.9 Å². The number of methoxy groups -OCH3 is 1. The van der Waals surface area contributed by atoms with Crippen LogP contribution in [0.15, 0.2) is 48.5 Å². The third kappa shape index (κ3) is 2.88. The molecular formula is C21H20N2O2. The summed E-state index contributed by atoms with van der Waals surface area (Å²) in [5.74, 6) is 0.813. The molecule has 0 amide bonds. The molecule has 0 bridgehead atoms. The van der Waals surface area contributed by atoms with E-state index in [0.717, 1.165) is 46.3 Å². The van der Waals surface area contributed by atoms with E-state index < -0.39 is 0 Å². The molecular weight excluding hydrogens is 312 g/mol. The number of nitrogens with zero attached hydrogens (tertiary/aromatic N) is 2. The van der Waals surface area contributed by atoms with Gasteiger partial charge in [0.05, 0.1) is 23.4 Å². The lowest BCUT2D eigenvalue weighted by Gasteiger charge is -2.11. The predicted octanol–water partition coefficient (Wildman–Crippen LogP) is 4.54. The molecule has 25 heavy (non-hydrogen) atoms. The minimum absolute atomic E-state index is 0.467. The molecule has 126 valence electrons. The van der Waals surface area contributed by atoms with E-state index >= 15 is 0 Å². The van der Waals surface area contributed by atoms with Gasteiger partial charge in [-0.2, -0.15) is 5.26 Å². The maximum absolute atomic E-state index is 9.82. The van der Waals surface area contributed by atoms with E-state index in [9.17, 15) is 5.26 Å². The molecule has 0 atom stereocenters. The monoisotopic (exact) mass is 332 g/mol. The average Bonchev–Trinajstić information content (AvgIpc) is 3.44. The summed E-state index contributed by atoms with van der Waals surface area (Å²) in [6, 6.07) is 19.1. The zero-order chi connectivity index (χ0) is 17.2. The van der Waals surface area contributed by atoms with Crippen LogP contribution in [0.25, 0.3) is 22.2 Å². The second-order valence-corrected chi connectivity index (χ2v) is 6.32. The van der Waals surface area contributed by atoms with Gasteiger partial charge in [0.1, 0.15) is 18.4 Å². The lowest BCUT2D eigenvalue weighted by Crippen LogP contribution is -2.04. The first kappa shape index (κ1) is 15.7. The van der Waals surface area contributed by atoms with E-state index in [0.29, 0.717) is 19.3 Å². The van der Waals surface area contributed by atoms with Gasteiger partial charge in [0.25, 0.3) is 0 Å². The van der Waals surface area contributed by atoms with Gasteiger partial charge in [-0.25, -0.2) is 0 Å². The van der Waals surface area contributed by atoms with E-state index in [1.54, 1.807) is 7.11 Å². The number of hydrogen-bond acceptors (Lipinski definition) is 3. The summed E-state index contributed by atoms with van der Waals surface area (Å²) in [5.41, 5.74) is 3.93. The van der Waals surface area contributed by atoms with Crippen LogP contribution in [0.4, 0.5) is 0 Å². The minimum atomic E-state index is 0.467. The quantitative estimate of drug-likeness (QED) is 0.623. The Morgan fingerprint density at radius 3 is 2.60 bits per heavy atom. The number of aromatic nitrogens is 1. The first-order chi connectivity index (χ1) is 12.3. The van der Waals surface area contributed by atoms with Crippen molar-refractivity contribution in [3.05, 3.63) is 54.1 Å². The number of benzene rings is 2. The molecule has 3 aromatic rings. The van der Waals surface area contributed by atoms with Gasteiger partial charge in [-0.3, -0.25) is 0 Å². The van der Waals surface area contributed by atoms with Gasteiger partial charge in [-0.1, -0.05) is 30.3 Å². The number of ether oxygens (including phenoxy) is 2. The van der Waals surface area contributed by atoms with Crippen LogP contribution in [-0.2, 0) is 4.74 Å². The van der Waals surface area contributed by atoms with E-state index in [4.69, 9.17) is 9.47 Å². The predicted molar refractivity (Wildman–Crippen MR) is 97.7 cm³/mol. The summed E-state index contributed by atoms with van der Waals surface area (Å²) in [6.45, 7) is 1.07. The van der Waals surface area contributed by atoms with Crippen LogP contribution < -0.4 is 4.74 Å². The second-order valence-electron chi connectivity index (χ2n) is 6.32. The highest BCUT2D eigenvalue weighted by molar-refractivity contribution is 5.95. The number of nitriles is 1. The molecule has 1 heterocycles. The van der Waals surface area contributed by atoms with Crippen molar-refractivity contribution >= 4 is 10.9 Å². The van der Waals surface area contributed by atoms with Crippen LogP contribution in [0.5, 0.6) is 5.75 Å². The fraction of sp³-hybridized carbons (Fsp3) is 0.286. The Bertz CT molecular complexity index is 934. The van der Waals surface area contributed by atoms with E-state index in [2.05, 4.69) is 28.8 Å². The highest BCUT2D eigenvalue weighted by Crippen LogP contribution is 2.45. The van der Waals surface area contributed by atoms with Gasteiger partial charge in [-0.15, -0.1) is 0 Å². The second kappa shape index (κ2) is 6.62. The molecule has 1 aromatic heterocycles. The smallest absolute Gasteiger partial charge is 0.121 e. The molecule has 4 heteroatoms. The fourth-order valence-electron chi connectivity index (χ4n) is 3.33. The lowest BCUT2D eigenvalue weighted by molar-refractivity contribution is 0.146. The Kier molecular flexibility index (Phi) is 4.17. The van der Waals surface area contributed by atoms with Gasteiger partial charge in [0.2, 0.25) is 0 Å². The largest absolute Gasteiger partial charge is 0.491 e. The third-order valence-electron chi connectivity index (χ3n) is 4.60. The van der Waals surface area contributed by atoms with Crippen molar-refractivity contribution in [1.82, 2.24) is 4.57 Å². The summed E-state index contributed by atoms with van der Waals surface area (Å²) >= 11 is 0. The first-order valence-corrected chi connectivity index (χ1v) is 8.58. The maximum Gasteiger partial charge on any atom is 0.121 e. The standard InChI is InChI=1S/C21H20N2O2/c1-24-11-12-25-17-9-10-18-19(14-22)21(15-5-3-2-4-6-15)23(16-7-8-16)20(18)13-17/h2-6,9-10,13,16H,7-8,11-12H2,1H3. The molecule has 2 aromatic carbocycles. The minimum Gasteiger partial charge on any atom is -0.491 e. The van der Waals surface area contributed by atoms with Gasteiger partial charge in [0.15, 0.2) is 0 Å². The van der Waals surface area contributed by atoms with E-state index in [-0.39, 0.29) is 0 Å². The molecule has 4 nitrogen and oxygen atoms in total. The summed E-state index contributed by atoms with van der Waals surface area (Å²) in [5, 5.41) is 10.8. The van der Waals surface area contributed by atoms with E-state index in [1.807, 2.05) is 30.3 Å². The topological polar surface area (TPSA) is 47.2 Å². The molecule has 0 saturated heterocycles. The Morgan fingerprint density at radius 1 is 1.12 bits per heavy atom. The van der Waals surface area contributed by atoms with Gasteiger partial charge in [0, 0.05) is 24.6 Å². The van der Waals surface area contributed by atoms with E-state index in [1.165, 1.54) is 0 Å². The molecule has 1 fully saturated rings. The molecule has 1 saturated carbocycles. The molecule has 0 radical (unpaired) electrons. The summed E-state index contributed by atoms with van der Waals surface area (Å²) < 4.78 is 13.2. The number of rotatable bonds is 6. The van der Waals surface area contributed by atoms with Crippen molar-refractivity contribution in [3.63, 3.8) is 0 Å². The third-order valence-corrected chi connectivity index (χ3v) is 4.60. The Balaban J connectivity index is 1.89. The molecule has 1 aliphatic carbocycles. The molecule has 4 rings (SSSR count). The van der Waals surface area contributed by atoms with Crippen LogP contribution in [0.1, 0.15) is 24.4 Å². The van der Waals surface area contributed by atoms with Crippen LogP contribution >= 0.6 is 0 Å². The summed E-state index contributed by atoms with van der Waals surface area (Å²) in [7, 11) is 1.66. The van der Waals surface area contributed by atoms with Gasteiger partial charge in [-0.05, 0) is 30.5 Å².